The minimum absolute atomic E-state index is 0.000134. The number of aromatic nitrogens is 1. The van der Waals surface area contributed by atoms with Gasteiger partial charge in [0.1, 0.15) is 16.0 Å². The Labute approximate surface area is 249 Å². The van der Waals surface area contributed by atoms with Gasteiger partial charge in [-0.05, 0) is 59.2 Å². The number of Topliss-reactive ketones (excluding diaryl/α,β-unsaturated/α-hetero) is 1. The molecule has 1 aromatic heterocycles. The van der Waals surface area contributed by atoms with Gasteiger partial charge in [0.2, 0.25) is 0 Å². The molecule has 0 atom stereocenters. The van der Waals surface area contributed by atoms with E-state index in [0.29, 0.717) is 40.6 Å². The SMILES string of the molecule is O=C(Cc1ccc([S+]2c3cc(F)c(F)cc3Sc3cc(F)c(F)cc32)cc1-c1ccc(Cl)cc1)c1cccnc1Cl. The van der Waals surface area contributed by atoms with Crippen LogP contribution in [0.25, 0.3) is 11.1 Å². The largest absolute Gasteiger partial charge is 0.294 e. The first kappa shape index (κ1) is 27.8. The van der Waals surface area contributed by atoms with Gasteiger partial charge < -0.3 is 0 Å². The Balaban J connectivity index is 1.53. The molecule has 1 aliphatic rings. The molecule has 204 valence electrons. The van der Waals surface area contributed by atoms with Gasteiger partial charge in [0.25, 0.3) is 0 Å². The Morgan fingerprint density at radius 2 is 1.39 bits per heavy atom. The van der Waals surface area contributed by atoms with Crippen LogP contribution in [0.2, 0.25) is 10.2 Å². The molecule has 0 saturated carbocycles. The number of rotatable bonds is 5. The van der Waals surface area contributed by atoms with Crippen molar-refractivity contribution in [1.82, 2.24) is 4.98 Å². The molecular weight excluding hydrogens is 613 g/mol. The lowest BCUT2D eigenvalue weighted by atomic mass is 9.95. The van der Waals surface area contributed by atoms with Crippen molar-refractivity contribution in [3.8, 4) is 11.1 Å². The molecule has 2 heterocycles. The van der Waals surface area contributed by atoms with Gasteiger partial charge in [-0.25, -0.2) is 22.5 Å². The van der Waals surface area contributed by atoms with Crippen LogP contribution >= 0.6 is 35.0 Å². The molecule has 0 unspecified atom stereocenters. The maximum Gasteiger partial charge on any atom is 0.183 e. The lowest BCUT2D eigenvalue weighted by Crippen LogP contribution is -2.14. The van der Waals surface area contributed by atoms with Gasteiger partial charge in [-0.2, -0.15) is 0 Å². The fourth-order valence-electron chi connectivity index (χ4n) is 4.59. The Kier molecular flexibility index (Phi) is 7.59. The summed E-state index contributed by atoms with van der Waals surface area (Å²) in [5, 5.41) is 0.619. The molecule has 41 heavy (non-hydrogen) atoms. The number of ketones is 1. The van der Waals surface area contributed by atoms with Crippen LogP contribution < -0.4 is 0 Å². The maximum atomic E-state index is 14.5. The summed E-state index contributed by atoms with van der Waals surface area (Å²) in [6, 6.07) is 20.0. The average Bonchev–Trinajstić information content (AvgIpc) is 2.95. The van der Waals surface area contributed by atoms with E-state index >= 15 is 0 Å². The van der Waals surface area contributed by atoms with E-state index in [1.807, 2.05) is 6.07 Å². The number of carbonyl (C=O) groups is 1. The second-order valence-corrected chi connectivity index (χ2v) is 12.9. The Hall–Kier alpha value is -3.30. The summed E-state index contributed by atoms with van der Waals surface area (Å²) < 4.78 is 57.5. The topological polar surface area (TPSA) is 30.0 Å². The van der Waals surface area contributed by atoms with Crippen molar-refractivity contribution in [3.63, 3.8) is 0 Å². The molecule has 4 aromatic carbocycles. The molecule has 0 bridgehead atoms. The van der Waals surface area contributed by atoms with E-state index in [0.717, 1.165) is 41.6 Å². The standard InChI is InChI=1S/C31H16Cl2F4NOS2/c32-18-6-3-16(4-7-18)21-11-19(8-5-17(21)10-26(39)20-2-1-9-38-31(20)33)41-29-14-24(36)22(34)12-27(29)40-28-13-23(35)25(37)15-30(28)41/h1-9,11-15H,10H2/q+1. The number of halogens is 6. The number of hydrogen-bond donors (Lipinski definition) is 0. The third-order valence-corrected chi connectivity index (χ3v) is 10.7. The summed E-state index contributed by atoms with van der Waals surface area (Å²) in [6.45, 7) is 0. The van der Waals surface area contributed by atoms with Gasteiger partial charge >= 0.3 is 0 Å². The molecule has 0 aliphatic carbocycles. The molecule has 0 N–H and O–H groups in total. The van der Waals surface area contributed by atoms with Crippen LogP contribution in [0.1, 0.15) is 15.9 Å². The van der Waals surface area contributed by atoms with Crippen LogP contribution in [-0.2, 0) is 17.3 Å². The number of pyridine rings is 1. The third kappa shape index (κ3) is 5.37. The zero-order valence-corrected chi connectivity index (χ0v) is 23.9. The molecule has 0 spiro atoms. The zero-order valence-electron chi connectivity index (χ0n) is 20.7. The minimum atomic E-state index is -1.12. The lowest BCUT2D eigenvalue weighted by molar-refractivity contribution is 0.0993. The number of nitrogens with zero attached hydrogens (tertiary/aromatic N) is 1. The first-order chi connectivity index (χ1) is 19.7. The fourth-order valence-corrected chi connectivity index (χ4v) is 8.72. The number of fused-ring (bicyclic) bond motifs is 2. The van der Waals surface area contributed by atoms with Gasteiger partial charge in [-0.15, -0.1) is 0 Å². The van der Waals surface area contributed by atoms with Crippen molar-refractivity contribution >= 4 is 51.6 Å². The van der Waals surface area contributed by atoms with Gasteiger partial charge in [0.15, 0.2) is 43.7 Å². The predicted molar refractivity (Wildman–Crippen MR) is 153 cm³/mol. The van der Waals surface area contributed by atoms with Gasteiger partial charge in [-0.3, -0.25) is 4.79 Å². The molecule has 6 rings (SSSR count). The number of benzene rings is 4. The van der Waals surface area contributed by atoms with E-state index in [2.05, 4.69) is 4.98 Å². The van der Waals surface area contributed by atoms with Crippen molar-refractivity contribution in [1.29, 1.82) is 0 Å². The summed E-state index contributed by atoms with van der Waals surface area (Å²) in [7, 11) is -1.12. The van der Waals surface area contributed by atoms with E-state index in [1.54, 1.807) is 48.5 Å². The molecule has 0 radical (unpaired) electrons. The summed E-state index contributed by atoms with van der Waals surface area (Å²) in [6.07, 6.45) is 1.50. The van der Waals surface area contributed by atoms with Crippen molar-refractivity contribution in [2.45, 2.75) is 30.9 Å². The molecule has 2 nitrogen and oxygen atoms in total. The highest BCUT2D eigenvalue weighted by atomic mass is 35.5. The second-order valence-electron chi connectivity index (χ2n) is 9.10. The summed E-state index contributed by atoms with van der Waals surface area (Å²) in [5.41, 5.74) is 2.39. The third-order valence-electron chi connectivity index (χ3n) is 6.52. The first-order valence-electron chi connectivity index (χ1n) is 12.1. The Bertz CT molecular complexity index is 1790. The van der Waals surface area contributed by atoms with E-state index < -0.39 is 34.2 Å². The monoisotopic (exact) mass is 628 g/mol. The van der Waals surface area contributed by atoms with Crippen LogP contribution in [0, 0.1) is 23.3 Å². The highest BCUT2D eigenvalue weighted by Crippen LogP contribution is 2.50. The summed E-state index contributed by atoms with van der Waals surface area (Å²) in [5.74, 6) is -4.39. The average molecular weight is 630 g/mol. The number of carbonyl (C=O) groups excluding carboxylic acids is 1. The molecule has 0 saturated heterocycles. The van der Waals surface area contributed by atoms with Gasteiger partial charge in [-0.1, -0.05) is 53.2 Å². The van der Waals surface area contributed by atoms with Crippen molar-refractivity contribution in [2.75, 3.05) is 0 Å². The van der Waals surface area contributed by atoms with E-state index in [1.165, 1.54) is 6.20 Å². The van der Waals surface area contributed by atoms with Gasteiger partial charge in [0.05, 0.1) is 15.4 Å². The van der Waals surface area contributed by atoms with Crippen molar-refractivity contribution in [2.24, 2.45) is 0 Å². The minimum Gasteiger partial charge on any atom is -0.294 e. The maximum absolute atomic E-state index is 14.5. The molecule has 1 aliphatic heterocycles. The quantitative estimate of drug-likeness (QED) is 0.0824. The second kappa shape index (κ2) is 11.2. The van der Waals surface area contributed by atoms with Crippen molar-refractivity contribution in [3.05, 3.63) is 130 Å². The molecule has 5 aromatic rings. The molecule has 0 fully saturated rings. The van der Waals surface area contributed by atoms with E-state index in [-0.39, 0.29) is 22.9 Å². The lowest BCUT2D eigenvalue weighted by Gasteiger charge is -2.20. The van der Waals surface area contributed by atoms with Crippen LogP contribution in [0.4, 0.5) is 17.6 Å². The van der Waals surface area contributed by atoms with Gasteiger partial charge in [0, 0.05) is 35.8 Å². The summed E-state index contributed by atoms with van der Waals surface area (Å²) >= 11 is 13.4. The van der Waals surface area contributed by atoms with E-state index in [9.17, 15) is 22.4 Å². The highest BCUT2D eigenvalue weighted by Gasteiger charge is 2.41. The van der Waals surface area contributed by atoms with Crippen molar-refractivity contribution < 1.29 is 22.4 Å². The molecule has 0 amide bonds. The molecular formula is C31H16Cl2F4NOS2+. The van der Waals surface area contributed by atoms with Crippen LogP contribution in [0.3, 0.4) is 0 Å². The smallest absolute Gasteiger partial charge is 0.183 e. The highest BCUT2D eigenvalue weighted by molar-refractivity contribution is 8.04. The normalized spacial score (nSPS) is 12.6. The zero-order chi connectivity index (χ0) is 28.8. The Morgan fingerprint density at radius 1 is 0.780 bits per heavy atom. The fraction of sp³-hybridized carbons (Fsp3) is 0.0323. The van der Waals surface area contributed by atoms with Crippen LogP contribution in [-0.4, -0.2) is 10.8 Å². The number of hydrogen-bond acceptors (Lipinski definition) is 3. The predicted octanol–water partition coefficient (Wildman–Crippen LogP) is 9.60. The first-order valence-corrected chi connectivity index (χ1v) is 14.9. The van der Waals surface area contributed by atoms with Crippen LogP contribution in [0.15, 0.2) is 110 Å². The Morgan fingerprint density at radius 3 is 2.00 bits per heavy atom. The molecule has 10 heteroatoms. The van der Waals surface area contributed by atoms with Crippen LogP contribution in [0.5, 0.6) is 0 Å². The van der Waals surface area contributed by atoms with E-state index in [4.69, 9.17) is 23.2 Å². The summed E-state index contributed by atoms with van der Waals surface area (Å²) in [4.78, 5) is 19.6.